The van der Waals surface area contributed by atoms with Gasteiger partial charge in [-0.2, -0.15) is 0 Å². The molecule has 0 fully saturated rings. The second-order valence-electron chi connectivity index (χ2n) is 8.80. The third-order valence-electron chi connectivity index (χ3n) is 5.70. The maximum Gasteiger partial charge on any atom is -0.0147 e. The van der Waals surface area contributed by atoms with Gasteiger partial charge < -0.3 is 0 Å². The van der Waals surface area contributed by atoms with E-state index in [-0.39, 0.29) is 0 Å². The Balaban J connectivity index is 2.67. The first-order valence-electron chi connectivity index (χ1n) is 11.5. The zero-order valence-electron chi connectivity index (χ0n) is 19.3. The summed E-state index contributed by atoms with van der Waals surface area (Å²) in [6, 6.07) is 7.00. The Labute approximate surface area is 175 Å². The molecule has 1 rings (SSSR count). The van der Waals surface area contributed by atoms with E-state index in [1.165, 1.54) is 68.1 Å². The van der Waals surface area contributed by atoms with Crippen LogP contribution in [0.4, 0.5) is 0 Å². The SMILES string of the molecule is C=C(/C=C\C)C(=C)c1cc(CC(C)CCCCCCCCC)ccc1C(C)C. The molecule has 1 aromatic rings. The fourth-order valence-electron chi connectivity index (χ4n) is 3.92. The Hall–Kier alpha value is -1.56. The van der Waals surface area contributed by atoms with Gasteiger partial charge in [0.15, 0.2) is 0 Å². The molecule has 0 heteroatoms. The molecule has 0 bridgehead atoms. The first kappa shape index (κ1) is 24.5. The van der Waals surface area contributed by atoms with Gasteiger partial charge in [-0.05, 0) is 53.0 Å². The van der Waals surface area contributed by atoms with Gasteiger partial charge in [0.2, 0.25) is 0 Å². The minimum atomic E-state index is 0.490. The molecular formula is C28H44. The van der Waals surface area contributed by atoms with Crippen molar-refractivity contribution in [1.29, 1.82) is 0 Å². The summed E-state index contributed by atoms with van der Waals surface area (Å²) < 4.78 is 0. The second-order valence-corrected chi connectivity index (χ2v) is 8.80. The summed E-state index contributed by atoms with van der Waals surface area (Å²) in [5, 5.41) is 0. The van der Waals surface area contributed by atoms with Gasteiger partial charge >= 0.3 is 0 Å². The molecule has 0 N–H and O–H groups in total. The van der Waals surface area contributed by atoms with E-state index in [0.717, 1.165) is 23.5 Å². The number of hydrogen-bond donors (Lipinski definition) is 0. The van der Waals surface area contributed by atoms with Gasteiger partial charge in [0.25, 0.3) is 0 Å². The van der Waals surface area contributed by atoms with E-state index in [1.807, 2.05) is 13.0 Å². The van der Waals surface area contributed by atoms with Crippen LogP contribution in [0.3, 0.4) is 0 Å². The highest BCUT2D eigenvalue weighted by Crippen LogP contribution is 2.31. The average molecular weight is 381 g/mol. The molecule has 1 atom stereocenters. The molecule has 0 heterocycles. The van der Waals surface area contributed by atoms with Gasteiger partial charge in [0.1, 0.15) is 0 Å². The monoisotopic (exact) mass is 380 g/mol. The lowest BCUT2D eigenvalue weighted by Gasteiger charge is -2.18. The molecule has 0 nitrogen and oxygen atoms in total. The predicted molar refractivity (Wildman–Crippen MR) is 129 cm³/mol. The molecule has 0 aliphatic rings. The Morgan fingerprint density at radius 3 is 2.21 bits per heavy atom. The molecule has 1 aromatic carbocycles. The van der Waals surface area contributed by atoms with Crippen LogP contribution in [0, 0.1) is 5.92 Å². The van der Waals surface area contributed by atoms with Crippen molar-refractivity contribution >= 4 is 5.57 Å². The van der Waals surface area contributed by atoms with Crippen molar-refractivity contribution in [3.63, 3.8) is 0 Å². The lowest BCUT2D eigenvalue weighted by Crippen LogP contribution is -2.03. The van der Waals surface area contributed by atoms with Crippen LogP contribution < -0.4 is 0 Å². The first-order chi connectivity index (χ1) is 13.4. The summed E-state index contributed by atoms with van der Waals surface area (Å²) in [7, 11) is 0. The van der Waals surface area contributed by atoms with Crippen LogP contribution in [0.1, 0.15) is 109 Å². The third-order valence-corrected chi connectivity index (χ3v) is 5.70. The summed E-state index contributed by atoms with van der Waals surface area (Å²) >= 11 is 0. The number of allylic oxidation sites excluding steroid dienone is 4. The Morgan fingerprint density at radius 2 is 1.61 bits per heavy atom. The Kier molecular flexibility index (Phi) is 11.9. The number of hydrogen-bond acceptors (Lipinski definition) is 0. The summed E-state index contributed by atoms with van der Waals surface area (Å²) in [5.74, 6) is 1.23. The normalized spacial score (nSPS) is 12.6. The molecule has 0 aromatic heterocycles. The highest BCUT2D eigenvalue weighted by atomic mass is 14.2. The highest BCUT2D eigenvalue weighted by Gasteiger charge is 2.13. The molecule has 0 saturated carbocycles. The van der Waals surface area contributed by atoms with E-state index in [2.05, 4.69) is 65.1 Å². The van der Waals surface area contributed by atoms with Crippen LogP contribution in [-0.4, -0.2) is 0 Å². The maximum atomic E-state index is 4.35. The van der Waals surface area contributed by atoms with Crippen molar-refractivity contribution in [2.75, 3.05) is 0 Å². The fraction of sp³-hybridized carbons (Fsp3) is 0.571. The first-order valence-corrected chi connectivity index (χ1v) is 11.5. The van der Waals surface area contributed by atoms with Crippen LogP contribution >= 0.6 is 0 Å². The van der Waals surface area contributed by atoms with Crippen molar-refractivity contribution in [2.45, 2.75) is 98.3 Å². The molecule has 156 valence electrons. The maximum absolute atomic E-state index is 4.35. The zero-order valence-corrected chi connectivity index (χ0v) is 19.3. The van der Waals surface area contributed by atoms with Crippen LogP contribution in [0.5, 0.6) is 0 Å². The molecule has 0 spiro atoms. The molecule has 0 radical (unpaired) electrons. The van der Waals surface area contributed by atoms with Crippen LogP contribution in [-0.2, 0) is 6.42 Å². The van der Waals surface area contributed by atoms with Gasteiger partial charge in [0.05, 0.1) is 0 Å². The zero-order chi connectivity index (χ0) is 20.9. The largest absolute Gasteiger partial charge is 0.0912 e. The summed E-state index contributed by atoms with van der Waals surface area (Å²) in [6.45, 7) is 19.8. The van der Waals surface area contributed by atoms with Crippen molar-refractivity contribution in [2.24, 2.45) is 5.92 Å². The van der Waals surface area contributed by atoms with Crippen LogP contribution in [0.15, 0.2) is 49.1 Å². The number of benzene rings is 1. The van der Waals surface area contributed by atoms with Crippen LogP contribution in [0.2, 0.25) is 0 Å². The quantitative estimate of drug-likeness (QED) is 0.223. The average Bonchev–Trinajstić information content (AvgIpc) is 2.66. The summed E-state index contributed by atoms with van der Waals surface area (Å²) in [5.41, 5.74) is 6.16. The smallest absolute Gasteiger partial charge is 0.0147 e. The predicted octanol–water partition coefficient (Wildman–Crippen LogP) is 9.27. The van der Waals surface area contributed by atoms with Gasteiger partial charge in [-0.3, -0.25) is 0 Å². The van der Waals surface area contributed by atoms with Crippen molar-refractivity contribution in [1.82, 2.24) is 0 Å². The van der Waals surface area contributed by atoms with Gasteiger partial charge in [-0.25, -0.2) is 0 Å². The molecule has 0 saturated heterocycles. The van der Waals surface area contributed by atoms with Crippen molar-refractivity contribution in [3.05, 3.63) is 65.8 Å². The highest BCUT2D eigenvalue weighted by molar-refractivity contribution is 5.81. The van der Waals surface area contributed by atoms with Crippen LogP contribution in [0.25, 0.3) is 5.57 Å². The van der Waals surface area contributed by atoms with E-state index >= 15 is 0 Å². The van der Waals surface area contributed by atoms with Gasteiger partial charge in [0, 0.05) is 0 Å². The van der Waals surface area contributed by atoms with Crippen molar-refractivity contribution in [3.8, 4) is 0 Å². The Bertz CT molecular complexity index is 629. The van der Waals surface area contributed by atoms with Crippen molar-refractivity contribution < 1.29 is 0 Å². The Morgan fingerprint density at radius 1 is 0.964 bits per heavy atom. The fourth-order valence-corrected chi connectivity index (χ4v) is 3.92. The molecule has 0 aliphatic carbocycles. The molecule has 1 unspecified atom stereocenters. The van der Waals surface area contributed by atoms with E-state index < -0.39 is 0 Å². The summed E-state index contributed by atoms with van der Waals surface area (Å²) in [6.07, 6.45) is 16.3. The van der Waals surface area contributed by atoms with E-state index in [0.29, 0.717) is 5.92 Å². The van der Waals surface area contributed by atoms with E-state index in [1.54, 1.807) is 0 Å². The minimum Gasteiger partial charge on any atom is -0.0912 e. The van der Waals surface area contributed by atoms with E-state index in [9.17, 15) is 0 Å². The molecule has 0 aliphatic heterocycles. The van der Waals surface area contributed by atoms with Gasteiger partial charge in [-0.1, -0.05) is 123 Å². The molecular weight excluding hydrogens is 336 g/mol. The number of rotatable bonds is 14. The number of unbranched alkanes of at least 4 members (excludes halogenated alkanes) is 6. The molecule has 0 amide bonds. The standard InChI is InChI=1S/C28H44/c1-8-10-11-12-13-14-15-17-23(5)20-26-18-19-27(22(3)4)28(21-26)25(7)24(6)16-9-2/h9,16,18-19,21-23H,6-8,10-15,17,20H2,1-5H3/b16-9-. The third kappa shape index (κ3) is 8.63. The summed E-state index contributed by atoms with van der Waals surface area (Å²) in [4.78, 5) is 0. The lowest BCUT2D eigenvalue weighted by atomic mass is 9.86. The molecule has 28 heavy (non-hydrogen) atoms. The minimum absolute atomic E-state index is 0.490. The second kappa shape index (κ2) is 13.6. The lowest BCUT2D eigenvalue weighted by molar-refractivity contribution is 0.479. The van der Waals surface area contributed by atoms with Gasteiger partial charge in [-0.15, -0.1) is 0 Å². The van der Waals surface area contributed by atoms with E-state index in [4.69, 9.17) is 0 Å². The topological polar surface area (TPSA) is 0 Å².